The summed E-state index contributed by atoms with van der Waals surface area (Å²) >= 11 is 1.26. The number of ether oxygens (including phenoxy) is 2. The average Bonchev–Trinajstić information content (AvgIpc) is 3.04. The highest BCUT2D eigenvalue weighted by atomic mass is 32.2. The summed E-state index contributed by atoms with van der Waals surface area (Å²) in [4.78, 5) is 1.42. The van der Waals surface area contributed by atoms with Gasteiger partial charge in [0.1, 0.15) is 4.90 Å². The van der Waals surface area contributed by atoms with Crippen molar-refractivity contribution in [3.8, 4) is 11.5 Å². The number of sulfonamides is 1. The van der Waals surface area contributed by atoms with Gasteiger partial charge in [-0.25, -0.2) is 8.42 Å². The molecule has 0 fully saturated rings. The fourth-order valence-electron chi connectivity index (χ4n) is 2.04. The van der Waals surface area contributed by atoms with E-state index in [2.05, 4.69) is 4.72 Å². The number of rotatable bonds is 4. The van der Waals surface area contributed by atoms with Crippen molar-refractivity contribution in [2.24, 2.45) is 0 Å². The summed E-state index contributed by atoms with van der Waals surface area (Å²) in [7, 11) is -3.70. The summed E-state index contributed by atoms with van der Waals surface area (Å²) < 4.78 is 37.7. The minimum absolute atomic E-state index is 0.134. The van der Waals surface area contributed by atoms with Gasteiger partial charge < -0.3 is 14.6 Å². The van der Waals surface area contributed by atoms with Crippen molar-refractivity contribution in [2.75, 3.05) is 11.5 Å². The van der Waals surface area contributed by atoms with E-state index in [1.807, 2.05) is 0 Å². The van der Waals surface area contributed by atoms with Crippen molar-refractivity contribution < 1.29 is 23.0 Å². The fourth-order valence-corrected chi connectivity index (χ4v) is 4.59. The van der Waals surface area contributed by atoms with Crippen LogP contribution in [0.1, 0.15) is 9.75 Å². The molecular formula is C13H13NO5S2. The summed E-state index contributed by atoms with van der Waals surface area (Å²) in [5.74, 6) is 1.10. The number of aryl methyl sites for hydroxylation is 1. The molecule has 3 rings (SSSR count). The molecule has 0 unspecified atom stereocenters. The normalized spacial score (nSPS) is 13.4. The molecule has 112 valence electrons. The highest BCUT2D eigenvalue weighted by molar-refractivity contribution is 7.93. The lowest BCUT2D eigenvalue weighted by Crippen LogP contribution is -2.13. The maximum Gasteiger partial charge on any atom is 0.263 e. The van der Waals surface area contributed by atoms with Gasteiger partial charge in [0.15, 0.2) is 11.5 Å². The van der Waals surface area contributed by atoms with E-state index in [0.717, 1.165) is 0 Å². The van der Waals surface area contributed by atoms with Crippen molar-refractivity contribution in [3.05, 3.63) is 34.0 Å². The maximum absolute atomic E-state index is 12.4. The van der Waals surface area contributed by atoms with E-state index >= 15 is 0 Å². The van der Waals surface area contributed by atoms with Crippen LogP contribution in [-0.4, -0.2) is 20.3 Å². The summed E-state index contributed by atoms with van der Waals surface area (Å²) in [6.45, 7) is 1.66. The van der Waals surface area contributed by atoms with Gasteiger partial charge in [-0.2, -0.15) is 0 Å². The first-order valence-electron chi connectivity index (χ1n) is 6.12. The number of fused-ring (bicyclic) bond motifs is 1. The lowest BCUT2D eigenvalue weighted by atomic mass is 10.3. The van der Waals surface area contributed by atoms with Gasteiger partial charge in [0, 0.05) is 15.8 Å². The zero-order chi connectivity index (χ0) is 15.0. The molecule has 0 aliphatic carbocycles. The van der Waals surface area contributed by atoms with Crippen molar-refractivity contribution in [1.82, 2.24) is 0 Å². The molecule has 6 nitrogen and oxygen atoms in total. The van der Waals surface area contributed by atoms with Gasteiger partial charge in [-0.1, -0.05) is 0 Å². The number of benzene rings is 1. The first kappa shape index (κ1) is 14.2. The van der Waals surface area contributed by atoms with E-state index < -0.39 is 10.0 Å². The SMILES string of the molecule is Cc1sc(CO)cc1S(=O)(=O)Nc1ccc2c(c1)OCO2. The van der Waals surface area contributed by atoms with Gasteiger partial charge in [0.2, 0.25) is 6.79 Å². The van der Waals surface area contributed by atoms with Crippen molar-refractivity contribution in [1.29, 1.82) is 0 Å². The molecule has 1 aromatic heterocycles. The first-order valence-corrected chi connectivity index (χ1v) is 8.42. The number of hydrogen-bond acceptors (Lipinski definition) is 6. The molecule has 21 heavy (non-hydrogen) atoms. The topological polar surface area (TPSA) is 84.9 Å². The molecule has 0 spiro atoms. The van der Waals surface area contributed by atoms with E-state index in [1.54, 1.807) is 25.1 Å². The zero-order valence-corrected chi connectivity index (χ0v) is 12.8. The molecule has 0 amide bonds. The highest BCUT2D eigenvalue weighted by Gasteiger charge is 2.21. The van der Waals surface area contributed by atoms with Crippen LogP contribution in [0.15, 0.2) is 29.2 Å². The van der Waals surface area contributed by atoms with Gasteiger partial charge in [-0.3, -0.25) is 4.72 Å². The number of aliphatic hydroxyl groups is 1. The van der Waals surface area contributed by atoms with Crippen molar-refractivity contribution >= 4 is 27.0 Å². The van der Waals surface area contributed by atoms with Gasteiger partial charge in [-0.15, -0.1) is 11.3 Å². The Morgan fingerprint density at radius 3 is 2.76 bits per heavy atom. The highest BCUT2D eigenvalue weighted by Crippen LogP contribution is 2.35. The number of hydrogen-bond donors (Lipinski definition) is 2. The van der Waals surface area contributed by atoms with Crippen LogP contribution in [0.25, 0.3) is 0 Å². The lowest BCUT2D eigenvalue weighted by Gasteiger charge is -2.08. The van der Waals surface area contributed by atoms with E-state index in [9.17, 15) is 8.42 Å². The van der Waals surface area contributed by atoms with Crippen molar-refractivity contribution in [3.63, 3.8) is 0 Å². The van der Waals surface area contributed by atoms with Gasteiger partial charge in [-0.05, 0) is 25.1 Å². The molecule has 0 saturated carbocycles. The Kier molecular flexibility index (Phi) is 3.52. The predicted molar refractivity (Wildman–Crippen MR) is 78.4 cm³/mol. The molecule has 2 N–H and O–H groups in total. The van der Waals surface area contributed by atoms with Crippen LogP contribution in [0.2, 0.25) is 0 Å². The minimum atomic E-state index is -3.70. The predicted octanol–water partition coefficient (Wildman–Crippen LogP) is 2.08. The third kappa shape index (κ3) is 2.69. The Balaban J connectivity index is 1.90. The smallest absolute Gasteiger partial charge is 0.263 e. The van der Waals surface area contributed by atoms with E-state index in [-0.39, 0.29) is 18.3 Å². The van der Waals surface area contributed by atoms with Gasteiger partial charge in [0.25, 0.3) is 10.0 Å². The quantitative estimate of drug-likeness (QED) is 0.898. The van der Waals surface area contributed by atoms with E-state index in [1.165, 1.54) is 17.4 Å². The maximum atomic E-state index is 12.4. The molecule has 8 heteroatoms. The summed E-state index contributed by atoms with van der Waals surface area (Å²) in [5.41, 5.74) is 0.399. The number of thiophene rings is 1. The Bertz CT molecular complexity index is 782. The van der Waals surface area contributed by atoms with Crippen LogP contribution in [0.3, 0.4) is 0 Å². The zero-order valence-electron chi connectivity index (χ0n) is 11.1. The molecule has 0 bridgehead atoms. The second-order valence-electron chi connectivity index (χ2n) is 4.46. The molecule has 2 aromatic rings. The van der Waals surface area contributed by atoms with Crippen LogP contribution in [0, 0.1) is 6.92 Å². The number of aliphatic hydroxyl groups excluding tert-OH is 1. The molecular weight excluding hydrogens is 314 g/mol. The molecule has 1 aliphatic heterocycles. The Morgan fingerprint density at radius 1 is 1.29 bits per heavy atom. The third-order valence-electron chi connectivity index (χ3n) is 2.99. The van der Waals surface area contributed by atoms with E-state index in [4.69, 9.17) is 14.6 Å². The van der Waals surface area contributed by atoms with Gasteiger partial charge in [0.05, 0.1) is 12.3 Å². The molecule has 0 atom stereocenters. The standard InChI is InChI=1S/C13H13NO5S2/c1-8-13(5-10(6-15)20-8)21(16,17)14-9-2-3-11-12(4-9)19-7-18-11/h2-5,14-15H,6-7H2,1H3. The van der Waals surface area contributed by atoms with Gasteiger partial charge >= 0.3 is 0 Å². The second-order valence-corrected chi connectivity index (χ2v) is 7.46. The third-order valence-corrected chi connectivity index (χ3v) is 5.67. The molecule has 1 aliphatic rings. The largest absolute Gasteiger partial charge is 0.454 e. The lowest BCUT2D eigenvalue weighted by molar-refractivity contribution is 0.174. The summed E-state index contributed by atoms with van der Waals surface area (Å²) in [6.07, 6.45) is 0. The summed E-state index contributed by atoms with van der Waals surface area (Å²) in [5, 5.41) is 9.10. The van der Waals surface area contributed by atoms with Crippen LogP contribution in [0.4, 0.5) is 5.69 Å². The van der Waals surface area contributed by atoms with Crippen LogP contribution in [-0.2, 0) is 16.6 Å². The Morgan fingerprint density at radius 2 is 2.05 bits per heavy atom. The first-order chi connectivity index (χ1) is 9.99. The molecule has 0 radical (unpaired) electrons. The molecule has 2 heterocycles. The Labute approximate surface area is 126 Å². The second kappa shape index (κ2) is 5.21. The molecule has 1 aromatic carbocycles. The minimum Gasteiger partial charge on any atom is -0.454 e. The molecule has 0 saturated heterocycles. The number of anilines is 1. The average molecular weight is 327 g/mol. The van der Waals surface area contributed by atoms with Crippen LogP contribution < -0.4 is 14.2 Å². The Hall–Kier alpha value is -1.77. The van der Waals surface area contributed by atoms with Crippen LogP contribution >= 0.6 is 11.3 Å². The van der Waals surface area contributed by atoms with Crippen molar-refractivity contribution in [2.45, 2.75) is 18.4 Å². The summed E-state index contributed by atoms with van der Waals surface area (Å²) in [6, 6.07) is 6.32. The fraction of sp³-hybridized carbons (Fsp3) is 0.231. The number of nitrogens with one attached hydrogen (secondary N) is 1. The monoisotopic (exact) mass is 327 g/mol. The van der Waals surface area contributed by atoms with E-state index in [0.29, 0.717) is 26.9 Å². The van der Waals surface area contributed by atoms with Crippen LogP contribution in [0.5, 0.6) is 11.5 Å².